The van der Waals surface area contributed by atoms with Crippen molar-refractivity contribution in [2.75, 3.05) is 5.75 Å². The maximum Gasteiger partial charge on any atom is 0.327 e. The van der Waals surface area contributed by atoms with Crippen molar-refractivity contribution in [2.24, 2.45) is 0 Å². The zero-order valence-corrected chi connectivity index (χ0v) is 11.0. The summed E-state index contributed by atoms with van der Waals surface area (Å²) in [7, 11) is -3.24. The molecular weight excluding hydrogens is 276 g/mol. The summed E-state index contributed by atoms with van der Waals surface area (Å²) in [6.45, 7) is 0. The van der Waals surface area contributed by atoms with Crippen molar-refractivity contribution in [3.63, 3.8) is 0 Å². The molecule has 0 radical (unpaired) electrons. The van der Waals surface area contributed by atoms with Crippen LogP contribution in [-0.2, 0) is 9.84 Å². The lowest BCUT2D eigenvalue weighted by atomic mass is 10.3. The van der Waals surface area contributed by atoms with Gasteiger partial charge in [0.05, 0.1) is 16.8 Å². The Kier molecular flexibility index (Phi) is 2.53. The molecule has 1 atom stereocenters. The first-order valence-corrected chi connectivity index (χ1v) is 7.70. The van der Waals surface area contributed by atoms with Crippen molar-refractivity contribution in [1.82, 2.24) is 9.55 Å². The summed E-state index contributed by atoms with van der Waals surface area (Å²) in [5, 5.41) is -0.289. The third kappa shape index (κ3) is 1.67. The van der Waals surface area contributed by atoms with Gasteiger partial charge in [0.15, 0.2) is 9.84 Å². The summed E-state index contributed by atoms with van der Waals surface area (Å²) in [4.78, 5) is 14.6. The van der Waals surface area contributed by atoms with Gasteiger partial charge in [-0.05, 0) is 31.0 Å². The molecule has 0 bridgehead atoms. The van der Waals surface area contributed by atoms with Gasteiger partial charge in [-0.25, -0.2) is 13.2 Å². The number of halogens is 1. The van der Waals surface area contributed by atoms with Crippen LogP contribution in [0.25, 0.3) is 11.0 Å². The Morgan fingerprint density at radius 3 is 2.83 bits per heavy atom. The molecule has 1 saturated heterocycles. The second kappa shape index (κ2) is 3.86. The van der Waals surface area contributed by atoms with Crippen molar-refractivity contribution < 1.29 is 8.42 Å². The summed E-state index contributed by atoms with van der Waals surface area (Å²) >= 11 is 5.90. The van der Waals surface area contributed by atoms with E-state index in [9.17, 15) is 13.2 Å². The van der Waals surface area contributed by atoms with Crippen molar-refractivity contribution in [3.05, 3.63) is 33.7 Å². The van der Waals surface area contributed by atoms with Gasteiger partial charge in [-0.3, -0.25) is 4.57 Å². The van der Waals surface area contributed by atoms with Crippen molar-refractivity contribution >= 4 is 32.5 Å². The zero-order valence-electron chi connectivity index (χ0n) is 9.39. The van der Waals surface area contributed by atoms with Gasteiger partial charge in [-0.1, -0.05) is 11.6 Å². The topological polar surface area (TPSA) is 71.9 Å². The summed E-state index contributed by atoms with van der Waals surface area (Å²) in [6.07, 6.45) is 1.06. The maximum atomic E-state index is 11.9. The number of fused-ring (bicyclic) bond motifs is 1. The van der Waals surface area contributed by atoms with E-state index >= 15 is 0 Å². The van der Waals surface area contributed by atoms with Crippen LogP contribution in [0.4, 0.5) is 0 Å². The predicted octanol–water partition coefficient (Wildman–Crippen LogP) is 1.69. The number of aromatic amines is 1. The van der Waals surface area contributed by atoms with Crippen LogP contribution >= 0.6 is 11.6 Å². The molecule has 1 N–H and O–H groups in total. The first-order chi connectivity index (χ1) is 8.49. The first kappa shape index (κ1) is 11.8. The Balaban J connectivity index is 2.32. The van der Waals surface area contributed by atoms with Gasteiger partial charge in [0.25, 0.3) is 0 Å². The molecule has 5 nitrogen and oxygen atoms in total. The minimum absolute atomic E-state index is 0.136. The predicted molar refractivity (Wildman–Crippen MR) is 69.6 cm³/mol. The molecule has 1 aromatic carbocycles. The minimum Gasteiger partial charge on any atom is -0.306 e. The number of aromatic nitrogens is 2. The van der Waals surface area contributed by atoms with Gasteiger partial charge in [0.1, 0.15) is 5.37 Å². The molecule has 2 heterocycles. The largest absolute Gasteiger partial charge is 0.327 e. The van der Waals surface area contributed by atoms with Crippen molar-refractivity contribution in [2.45, 2.75) is 18.2 Å². The number of H-pyrrole nitrogens is 1. The van der Waals surface area contributed by atoms with Gasteiger partial charge in [0, 0.05) is 5.02 Å². The number of rotatable bonds is 1. The third-order valence-corrected chi connectivity index (χ3v) is 5.63. The standard InChI is InChI=1S/C11H11ClN2O3S/c12-7-3-4-8-9(6-7)14(11(15)13-8)10-2-1-5-18(10,16)17/h3-4,6,10H,1-2,5H2,(H,13,15). The Hall–Kier alpha value is -1.27. The molecule has 0 aliphatic carbocycles. The summed E-state index contributed by atoms with van der Waals surface area (Å²) in [5.41, 5.74) is 0.747. The molecule has 2 aromatic rings. The lowest BCUT2D eigenvalue weighted by Crippen LogP contribution is -2.25. The molecule has 1 fully saturated rings. The van der Waals surface area contributed by atoms with E-state index in [2.05, 4.69) is 4.98 Å². The number of nitrogens with one attached hydrogen (secondary N) is 1. The number of imidazole rings is 1. The highest BCUT2D eigenvalue weighted by Gasteiger charge is 2.34. The Bertz CT molecular complexity index is 775. The fourth-order valence-electron chi connectivity index (χ4n) is 2.44. The van der Waals surface area contributed by atoms with Crippen LogP contribution in [0.15, 0.2) is 23.0 Å². The number of hydrogen-bond acceptors (Lipinski definition) is 3. The van der Waals surface area contributed by atoms with Gasteiger partial charge in [-0.15, -0.1) is 0 Å². The smallest absolute Gasteiger partial charge is 0.306 e. The van der Waals surface area contributed by atoms with Gasteiger partial charge in [-0.2, -0.15) is 0 Å². The molecule has 1 aliphatic heterocycles. The van der Waals surface area contributed by atoms with Gasteiger partial charge >= 0.3 is 5.69 Å². The molecule has 0 amide bonds. The fraction of sp³-hybridized carbons (Fsp3) is 0.364. The molecule has 7 heteroatoms. The number of benzene rings is 1. The quantitative estimate of drug-likeness (QED) is 0.867. The molecular formula is C11H11ClN2O3S. The Labute approximate surface area is 108 Å². The van der Waals surface area contributed by atoms with Crippen LogP contribution in [0.2, 0.25) is 5.02 Å². The average molecular weight is 287 g/mol. The minimum atomic E-state index is -3.24. The number of nitrogens with zero attached hydrogens (tertiary/aromatic N) is 1. The Morgan fingerprint density at radius 1 is 1.39 bits per heavy atom. The van der Waals surface area contributed by atoms with E-state index in [1.165, 1.54) is 4.57 Å². The highest BCUT2D eigenvalue weighted by atomic mass is 35.5. The number of sulfone groups is 1. The molecule has 18 heavy (non-hydrogen) atoms. The molecule has 1 aliphatic rings. The van der Waals surface area contributed by atoms with E-state index in [1.54, 1.807) is 18.2 Å². The normalized spacial score (nSPS) is 22.6. The SMILES string of the molecule is O=c1[nH]c2ccc(Cl)cc2n1C1CCCS1(=O)=O. The van der Waals surface area contributed by atoms with Gasteiger partial charge < -0.3 is 4.98 Å². The fourth-order valence-corrected chi connectivity index (χ4v) is 4.51. The summed E-state index contributed by atoms with van der Waals surface area (Å²) < 4.78 is 25.2. The highest BCUT2D eigenvalue weighted by molar-refractivity contribution is 7.91. The van der Waals surface area contributed by atoms with Crippen molar-refractivity contribution in [3.8, 4) is 0 Å². The molecule has 1 unspecified atom stereocenters. The Morgan fingerprint density at radius 2 is 2.17 bits per heavy atom. The van der Waals surface area contributed by atoms with E-state index in [0.29, 0.717) is 28.9 Å². The van der Waals surface area contributed by atoms with E-state index in [0.717, 1.165) is 0 Å². The molecule has 0 spiro atoms. The molecule has 1 aromatic heterocycles. The second-order valence-corrected chi connectivity index (χ2v) is 7.14. The first-order valence-electron chi connectivity index (χ1n) is 5.60. The van der Waals surface area contributed by atoms with E-state index in [1.807, 2.05) is 0 Å². The van der Waals surface area contributed by atoms with Crippen LogP contribution in [0.5, 0.6) is 0 Å². The second-order valence-electron chi connectivity index (χ2n) is 4.43. The average Bonchev–Trinajstić information content (AvgIpc) is 2.77. The number of hydrogen-bond donors (Lipinski definition) is 1. The van der Waals surface area contributed by atoms with Crippen LogP contribution in [0, 0.1) is 0 Å². The van der Waals surface area contributed by atoms with E-state index < -0.39 is 20.9 Å². The van der Waals surface area contributed by atoms with E-state index in [-0.39, 0.29) is 5.75 Å². The van der Waals surface area contributed by atoms with Crippen molar-refractivity contribution in [1.29, 1.82) is 0 Å². The molecule has 0 saturated carbocycles. The van der Waals surface area contributed by atoms with Crippen LogP contribution in [0.1, 0.15) is 18.2 Å². The highest BCUT2D eigenvalue weighted by Crippen LogP contribution is 2.31. The van der Waals surface area contributed by atoms with Gasteiger partial charge in [0.2, 0.25) is 0 Å². The lowest BCUT2D eigenvalue weighted by Gasteiger charge is -2.11. The molecule has 96 valence electrons. The van der Waals surface area contributed by atoms with Crippen LogP contribution in [-0.4, -0.2) is 23.7 Å². The maximum absolute atomic E-state index is 11.9. The zero-order chi connectivity index (χ0) is 12.9. The molecule has 3 rings (SSSR count). The van der Waals surface area contributed by atoms with Crippen LogP contribution in [0.3, 0.4) is 0 Å². The summed E-state index contributed by atoms with van der Waals surface area (Å²) in [6, 6.07) is 4.95. The van der Waals surface area contributed by atoms with Crippen LogP contribution < -0.4 is 5.69 Å². The lowest BCUT2D eigenvalue weighted by molar-refractivity contribution is 0.556. The summed E-state index contributed by atoms with van der Waals surface area (Å²) in [5.74, 6) is 0.136. The third-order valence-electron chi connectivity index (χ3n) is 3.26. The van der Waals surface area contributed by atoms with E-state index in [4.69, 9.17) is 11.6 Å². The monoisotopic (exact) mass is 286 g/mol.